The topological polar surface area (TPSA) is 74.8 Å². The number of hydrogen-bond donors (Lipinski definition) is 3. The van der Waals surface area contributed by atoms with Gasteiger partial charge in [-0.15, -0.1) is 0 Å². The van der Waals surface area contributed by atoms with Crippen LogP contribution in [-0.4, -0.2) is 24.9 Å². The molecule has 2 aromatic rings. The SMILES string of the molecule is CC(=O)NCC[NH2+][C@@H](C(=O)Nc1cc(C)ccc1C)c1ccccc1. The van der Waals surface area contributed by atoms with E-state index in [1.807, 2.05) is 67.7 Å². The van der Waals surface area contributed by atoms with Crippen molar-refractivity contribution in [3.8, 4) is 0 Å². The third kappa shape index (κ3) is 5.72. The number of carbonyl (C=O) groups is 2. The number of rotatable bonds is 7. The zero-order chi connectivity index (χ0) is 18.2. The first-order chi connectivity index (χ1) is 12.0. The first-order valence-electron chi connectivity index (χ1n) is 8.48. The van der Waals surface area contributed by atoms with Gasteiger partial charge in [-0.25, -0.2) is 0 Å². The molecule has 0 aliphatic heterocycles. The second-order valence-electron chi connectivity index (χ2n) is 6.20. The summed E-state index contributed by atoms with van der Waals surface area (Å²) in [5.74, 6) is -0.132. The molecule has 0 fully saturated rings. The van der Waals surface area contributed by atoms with Crippen LogP contribution in [0.3, 0.4) is 0 Å². The average Bonchev–Trinajstić information content (AvgIpc) is 2.58. The molecule has 5 heteroatoms. The predicted octanol–water partition coefficient (Wildman–Crippen LogP) is 1.68. The predicted molar refractivity (Wildman–Crippen MR) is 99.2 cm³/mol. The highest BCUT2D eigenvalue weighted by Gasteiger charge is 2.24. The van der Waals surface area contributed by atoms with Gasteiger partial charge in [0.15, 0.2) is 6.04 Å². The summed E-state index contributed by atoms with van der Waals surface area (Å²) in [6, 6.07) is 15.3. The first-order valence-corrected chi connectivity index (χ1v) is 8.48. The van der Waals surface area contributed by atoms with Crippen LogP contribution in [0.2, 0.25) is 0 Å². The number of nitrogens with two attached hydrogens (primary N) is 1. The molecule has 0 unspecified atom stereocenters. The molecule has 132 valence electrons. The number of aryl methyl sites for hydroxylation is 2. The van der Waals surface area contributed by atoms with Crippen molar-refractivity contribution in [3.05, 3.63) is 65.2 Å². The Morgan fingerprint density at radius 3 is 2.48 bits per heavy atom. The van der Waals surface area contributed by atoms with E-state index in [0.29, 0.717) is 13.1 Å². The molecule has 0 spiro atoms. The summed E-state index contributed by atoms with van der Waals surface area (Å²) >= 11 is 0. The van der Waals surface area contributed by atoms with Gasteiger partial charge in [0, 0.05) is 18.2 Å². The van der Waals surface area contributed by atoms with Gasteiger partial charge >= 0.3 is 0 Å². The van der Waals surface area contributed by atoms with Crippen molar-refractivity contribution in [2.45, 2.75) is 26.8 Å². The second-order valence-corrected chi connectivity index (χ2v) is 6.20. The smallest absolute Gasteiger partial charge is 0.287 e. The van der Waals surface area contributed by atoms with Crippen LogP contribution in [0.1, 0.15) is 29.7 Å². The van der Waals surface area contributed by atoms with Gasteiger partial charge in [0.2, 0.25) is 5.91 Å². The van der Waals surface area contributed by atoms with E-state index in [9.17, 15) is 9.59 Å². The molecule has 0 heterocycles. The third-order valence-corrected chi connectivity index (χ3v) is 4.01. The van der Waals surface area contributed by atoms with E-state index >= 15 is 0 Å². The average molecular weight is 340 g/mol. The van der Waals surface area contributed by atoms with Crippen molar-refractivity contribution in [1.82, 2.24) is 5.32 Å². The van der Waals surface area contributed by atoms with E-state index in [4.69, 9.17) is 0 Å². The van der Waals surface area contributed by atoms with Crippen LogP contribution in [0.5, 0.6) is 0 Å². The van der Waals surface area contributed by atoms with Crippen LogP contribution in [-0.2, 0) is 9.59 Å². The maximum atomic E-state index is 12.9. The van der Waals surface area contributed by atoms with Gasteiger partial charge in [0.05, 0.1) is 13.1 Å². The van der Waals surface area contributed by atoms with Crippen LogP contribution < -0.4 is 16.0 Å². The Labute approximate surface area is 148 Å². The Hall–Kier alpha value is -2.66. The van der Waals surface area contributed by atoms with Gasteiger partial charge in [0.1, 0.15) is 0 Å². The lowest BCUT2D eigenvalue weighted by Gasteiger charge is -2.17. The van der Waals surface area contributed by atoms with Crippen LogP contribution in [0.25, 0.3) is 0 Å². The van der Waals surface area contributed by atoms with Crippen LogP contribution >= 0.6 is 0 Å². The lowest BCUT2D eigenvalue weighted by atomic mass is 10.1. The van der Waals surface area contributed by atoms with Crippen molar-refractivity contribution in [1.29, 1.82) is 0 Å². The standard InChI is InChI=1S/C20H25N3O2/c1-14-9-10-15(2)18(13-14)23-20(25)19(17-7-5-4-6-8-17)22-12-11-21-16(3)24/h4-10,13,19,22H,11-12H2,1-3H3,(H,21,24)(H,23,25)/p+1/t19-/m1/s1. The monoisotopic (exact) mass is 340 g/mol. The van der Waals surface area contributed by atoms with Crippen molar-refractivity contribution < 1.29 is 14.9 Å². The van der Waals surface area contributed by atoms with E-state index in [0.717, 1.165) is 22.4 Å². The molecule has 2 aromatic carbocycles. The molecule has 1 atom stereocenters. The van der Waals surface area contributed by atoms with Gasteiger partial charge in [-0.3, -0.25) is 9.59 Å². The van der Waals surface area contributed by atoms with E-state index < -0.39 is 0 Å². The Kier molecular flexibility index (Phi) is 6.71. The molecule has 0 bridgehead atoms. The summed E-state index contributed by atoms with van der Waals surface area (Å²) < 4.78 is 0. The number of amides is 2. The third-order valence-electron chi connectivity index (χ3n) is 4.01. The number of anilines is 1. The molecular weight excluding hydrogens is 314 g/mol. The van der Waals surface area contributed by atoms with E-state index in [1.165, 1.54) is 6.92 Å². The van der Waals surface area contributed by atoms with Crippen LogP contribution in [0.4, 0.5) is 5.69 Å². The number of quaternary nitrogens is 1. The van der Waals surface area contributed by atoms with Crippen molar-refractivity contribution in [2.75, 3.05) is 18.4 Å². The minimum atomic E-state index is -0.366. The van der Waals surface area contributed by atoms with Crippen molar-refractivity contribution in [3.63, 3.8) is 0 Å². The summed E-state index contributed by atoms with van der Waals surface area (Å²) in [4.78, 5) is 23.9. The molecule has 25 heavy (non-hydrogen) atoms. The summed E-state index contributed by atoms with van der Waals surface area (Å²) in [6.45, 7) is 6.62. The highest BCUT2D eigenvalue weighted by Crippen LogP contribution is 2.18. The Morgan fingerprint density at radius 2 is 1.80 bits per heavy atom. The summed E-state index contributed by atoms with van der Waals surface area (Å²) in [6.07, 6.45) is 0. The van der Waals surface area contributed by atoms with Gasteiger partial charge in [0.25, 0.3) is 5.91 Å². The Bertz CT molecular complexity index is 729. The number of benzene rings is 2. The van der Waals surface area contributed by atoms with Crippen molar-refractivity contribution >= 4 is 17.5 Å². The zero-order valence-corrected chi connectivity index (χ0v) is 15.0. The maximum Gasteiger partial charge on any atom is 0.287 e. The van der Waals surface area contributed by atoms with Gasteiger partial charge in [-0.1, -0.05) is 42.5 Å². The molecule has 0 aromatic heterocycles. The van der Waals surface area contributed by atoms with E-state index in [1.54, 1.807) is 0 Å². The number of hydrogen-bond acceptors (Lipinski definition) is 2. The molecule has 2 amide bonds. The summed E-state index contributed by atoms with van der Waals surface area (Å²) in [7, 11) is 0. The molecule has 4 N–H and O–H groups in total. The molecule has 2 rings (SSSR count). The van der Waals surface area contributed by atoms with Gasteiger partial charge < -0.3 is 16.0 Å². The highest BCUT2D eigenvalue weighted by atomic mass is 16.2. The fourth-order valence-corrected chi connectivity index (χ4v) is 2.63. The normalized spacial score (nSPS) is 11.6. The lowest BCUT2D eigenvalue weighted by molar-refractivity contribution is -0.680. The second kappa shape index (κ2) is 8.99. The minimum absolute atomic E-state index is 0.0653. The van der Waals surface area contributed by atoms with E-state index in [2.05, 4.69) is 10.6 Å². The fraction of sp³-hybridized carbons (Fsp3) is 0.300. The first kappa shape index (κ1) is 18.7. The lowest BCUT2D eigenvalue weighted by Crippen LogP contribution is -2.88. The van der Waals surface area contributed by atoms with E-state index in [-0.39, 0.29) is 17.9 Å². The molecule has 0 saturated heterocycles. The van der Waals surface area contributed by atoms with Gasteiger partial charge in [-0.2, -0.15) is 0 Å². The quantitative estimate of drug-likeness (QED) is 0.671. The summed E-state index contributed by atoms with van der Waals surface area (Å²) in [5.41, 5.74) is 3.91. The Morgan fingerprint density at radius 1 is 1.08 bits per heavy atom. The molecule has 0 aliphatic rings. The van der Waals surface area contributed by atoms with Gasteiger partial charge in [-0.05, 0) is 31.0 Å². The number of carbonyl (C=O) groups excluding carboxylic acids is 2. The van der Waals surface area contributed by atoms with Crippen LogP contribution in [0.15, 0.2) is 48.5 Å². The molecular formula is C20H26N3O2+. The number of nitrogens with one attached hydrogen (secondary N) is 2. The highest BCUT2D eigenvalue weighted by molar-refractivity contribution is 5.95. The summed E-state index contributed by atoms with van der Waals surface area (Å²) in [5, 5.41) is 7.75. The van der Waals surface area contributed by atoms with Crippen molar-refractivity contribution in [2.24, 2.45) is 0 Å². The molecule has 0 radical (unpaired) electrons. The molecule has 0 saturated carbocycles. The largest absolute Gasteiger partial charge is 0.351 e. The molecule has 0 aliphatic carbocycles. The van der Waals surface area contributed by atoms with Crippen LogP contribution in [0, 0.1) is 13.8 Å². The Balaban J connectivity index is 2.12. The molecule has 5 nitrogen and oxygen atoms in total. The fourth-order valence-electron chi connectivity index (χ4n) is 2.63. The minimum Gasteiger partial charge on any atom is -0.351 e. The maximum absolute atomic E-state index is 12.9. The zero-order valence-electron chi connectivity index (χ0n) is 15.0.